The first-order chi connectivity index (χ1) is 8.06. The predicted octanol–water partition coefficient (Wildman–Crippen LogP) is 1.78. The van der Waals surface area contributed by atoms with E-state index >= 15 is 0 Å². The summed E-state index contributed by atoms with van der Waals surface area (Å²) >= 11 is 0. The molecule has 1 aromatic heterocycles. The quantitative estimate of drug-likeness (QED) is 0.821. The first-order valence-electron chi connectivity index (χ1n) is 6.20. The number of carbonyl (C=O) groups is 1. The molecule has 0 spiro atoms. The fraction of sp³-hybridized carbons (Fsp3) is 0.750. The van der Waals surface area contributed by atoms with Crippen LogP contribution in [0.25, 0.3) is 0 Å². The Morgan fingerprint density at radius 1 is 1.41 bits per heavy atom. The number of hydrogen-bond acceptors (Lipinski definition) is 3. The summed E-state index contributed by atoms with van der Waals surface area (Å²) in [5.41, 5.74) is 0. The van der Waals surface area contributed by atoms with Crippen molar-refractivity contribution < 1.29 is 4.79 Å². The molecule has 0 unspecified atom stereocenters. The Balaban J connectivity index is 2.48. The molecule has 1 N–H and O–H groups in total. The third-order valence-corrected chi connectivity index (χ3v) is 3.12. The monoisotopic (exact) mass is 238 g/mol. The van der Waals surface area contributed by atoms with Gasteiger partial charge >= 0.3 is 0 Å². The van der Waals surface area contributed by atoms with Gasteiger partial charge in [0.25, 0.3) is 0 Å². The Hall–Kier alpha value is -1.39. The molecule has 0 radical (unpaired) electrons. The van der Waals surface area contributed by atoms with Crippen molar-refractivity contribution in [2.24, 2.45) is 5.92 Å². The lowest BCUT2D eigenvalue weighted by Crippen LogP contribution is -2.40. The molecule has 0 saturated heterocycles. The number of hydrogen-bond donors (Lipinski definition) is 1. The Morgan fingerprint density at radius 2 is 2.12 bits per heavy atom. The second-order valence-corrected chi connectivity index (χ2v) is 4.60. The van der Waals surface area contributed by atoms with E-state index in [-0.39, 0.29) is 23.9 Å². The molecule has 5 heteroatoms. The Kier molecular flexibility index (Phi) is 5.12. The van der Waals surface area contributed by atoms with Crippen LogP contribution in [0, 0.1) is 5.92 Å². The number of nitrogens with zero attached hydrogens (tertiary/aromatic N) is 3. The number of carbonyl (C=O) groups excluding carboxylic acids is 1. The minimum absolute atomic E-state index is 0.0449. The van der Waals surface area contributed by atoms with Crippen LogP contribution in [-0.4, -0.2) is 26.7 Å². The van der Waals surface area contributed by atoms with Crippen molar-refractivity contribution in [1.29, 1.82) is 0 Å². The first-order valence-corrected chi connectivity index (χ1v) is 6.20. The standard InChI is InChI=1S/C12H22N4O/c1-5-6-9(2)12(17)15-10(3)11(4)16-8-13-7-14-16/h7-11H,5-6H2,1-4H3,(H,15,17)/t9-,10-,11+/m0/s1. The molecule has 1 rings (SSSR count). The maximum atomic E-state index is 11.9. The van der Waals surface area contributed by atoms with Crippen molar-refractivity contribution in [3.05, 3.63) is 12.7 Å². The molecule has 0 saturated carbocycles. The normalized spacial score (nSPS) is 16.2. The summed E-state index contributed by atoms with van der Waals surface area (Å²) in [6.07, 6.45) is 5.13. The second-order valence-electron chi connectivity index (χ2n) is 4.60. The maximum absolute atomic E-state index is 11.9. The van der Waals surface area contributed by atoms with Crippen molar-refractivity contribution in [3.63, 3.8) is 0 Å². The molecule has 1 amide bonds. The Bertz CT molecular complexity index is 336. The van der Waals surface area contributed by atoms with Gasteiger partial charge < -0.3 is 5.32 Å². The van der Waals surface area contributed by atoms with Crippen LogP contribution < -0.4 is 5.32 Å². The molecule has 0 aliphatic carbocycles. The fourth-order valence-electron chi connectivity index (χ4n) is 1.71. The van der Waals surface area contributed by atoms with E-state index in [0.29, 0.717) is 0 Å². The number of nitrogens with one attached hydrogen (secondary N) is 1. The van der Waals surface area contributed by atoms with E-state index in [1.54, 1.807) is 11.0 Å². The summed E-state index contributed by atoms with van der Waals surface area (Å²) < 4.78 is 1.76. The van der Waals surface area contributed by atoms with E-state index in [1.165, 1.54) is 6.33 Å². The molecule has 0 fully saturated rings. The second kappa shape index (κ2) is 6.37. The predicted molar refractivity (Wildman–Crippen MR) is 66.4 cm³/mol. The van der Waals surface area contributed by atoms with Crippen LogP contribution in [0.15, 0.2) is 12.7 Å². The summed E-state index contributed by atoms with van der Waals surface area (Å²) in [6, 6.07) is 0.152. The van der Waals surface area contributed by atoms with Crippen LogP contribution in [0.1, 0.15) is 46.6 Å². The molecular weight excluding hydrogens is 216 g/mol. The summed E-state index contributed by atoms with van der Waals surface area (Å²) in [5.74, 6) is 0.191. The molecule has 96 valence electrons. The summed E-state index contributed by atoms with van der Waals surface area (Å²) in [4.78, 5) is 15.8. The van der Waals surface area contributed by atoms with E-state index in [0.717, 1.165) is 12.8 Å². The van der Waals surface area contributed by atoms with Crippen LogP contribution in [0.3, 0.4) is 0 Å². The number of amides is 1. The van der Waals surface area contributed by atoms with Crippen LogP contribution in [0.2, 0.25) is 0 Å². The lowest BCUT2D eigenvalue weighted by atomic mass is 10.0. The van der Waals surface area contributed by atoms with Crippen molar-refractivity contribution in [2.75, 3.05) is 0 Å². The molecule has 17 heavy (non-hydrogen) atoms. The highest BCUT2D eigenvalue weighted by Gasteiger charge is 2.19. The minimum atomic E-state index is 0.0449. The smallest absolute Gasteiger partial charge is 0.223 e. The van der Waals surface area contributed by atoms with Gasteiger partial charge in [0, 0.05) is 12.0 Å². The minimum Gasteiger partial charge on any atom is -0.351 e. The molecule has 1 heterocycles. The summed E-state index contributed by atoms with van der Waals surface area (Å²) in [6.45, 7) is 8.06. The highest BCUT2D eigenvalue weighted by Crippen LogP contribution is 2.11. The SMILES string of the molecule is CCC[C@H](C)C(=O)N[C@@H](C)[C@@H](C)n1cncn1. The third kappa shape index (κ3) is 3.84. The fourth-order valence-corrected chi connectivity index (χ4v) is 1.71. The largest absolute Gasteiger partial charge is 0.351 e. The zero-order valence-corrected chi connectivity index (χ0v) is 11.1. The van der Waals surface area contributed by atoms with Gasteiger partial charge in [0.15, 0.2) is 0 Å². The van der Waals surface area contributed by atoms with Gasteiger partial charge in [0.1, 0.15) is 12.7 Å². The Labute approximate surface area is 103 Å². The van der Waals surface area contributed by atoms with Gasteiger partial charge in [-0.3, -0.25) is 4.79 Å². The third-order valence-electron chi connectivity index (χ3n) is 3.12. The van der Waals surface area contributed by atoms with Crippen molar-refractivity contribution in [3.8, 4) is 0 Å². The first kappa shape index (κ1) is 13.7. The lowest BCUT2D eigenvalue weighted by molar-refractivity contribution is -0.125. The van der Waals surface area contributed by atoms with Crippen LogP contribution >= 0.6 is 0 Å². The number of rotatable bonds is 6. The molecular formula is C12H22N4O. The van der Waals surface area contributed by atoms with Gasteiger partial charge in [0.2, 0.25) is 5.91 Å². The van der Waals surface area contributed by atoms with Crippen LogP contribution in [0.5, 0.6) is 0 Å². The average Bonchev–Trinajstić information content (AvgIpc) is 2.81. The highest BCUT2D eigenvalue weighted by atomic mass is 16.1. The molecule has 0 aliphatic rings. The zero-order valence-electron chi connectivity index (χ0n) is 11.1. The summed E-state index contributed by atoms with van der Waals surface area (Å²) in [7, 11) is 0. The van der Waals surface area contributed by atoms with Gasteiger partial charge in [-0.2, -0.15) is 5.10 Å². The van der Waals surface area contributed by atoms with Gasteiger partial charge in [-0.1, -0.05) is 20.3 Å². The van der Waals surface area contributed by atoms with Gasteiger partial charge in [-0.05, 0) is 20.3 Å². The van der Waals surface area contributed by atoms with Gasteiger partial charge in [0.05, 0.1) is 6.04 Å². The van der Waals surface area contributed by atoms with Crippen molar-refractivity contribution in [2.45, 2.75) is 52.6 Å². The van der Waals surface area contributed by atoms with E-state index in [2.05, 4.69) is 22.3 Å². The van der Waals surface area contributed by atoms with E-state index in [1.807, 2.05) is 20.8 Å². The molecule has 0 bridgehead atoms. The Morgan fingerprint density at radius 3 is 2.65 bits per heavy atom. The van der Waals surface area contributed by atoms with Crippen molar-refractivity contribution >= 4 is 5.91 Å². The number of aromatic nitrogens is 3. The summed E-state index contributed by atoms with van der Waals surface area (Å²) in [5, 5.41) is 7.10. The lowest BCUT2D eigenvalue weighted by Gasteiger charge is -2.23. The van der Waals surface area contributed by atoms with E-state index in [9.17, 15) is 4.79 Å². The average molecular weight is 238 g/mol. The molecule has 5 nitrogen and oxygen atoms in total. The van der Waals surface area contributed by atoms with E-state index < -0.39 is 0 Å². The molecule has 0 aliphatic heterocycles. The highest BCUT2D eigenvalue weighted by molar-refractivity contribution is 5.78. The maximum Gasteiger partial charge on any atom is 0.223 e. The zero-order chi connectivity index (χ0) is 12.8. The molecule has 1 aromatic rings. The van der Waals surface area contributed by atoms with Crippen LogP contribution in [-0.2, 0) is 4.79 Å². The van der Waals surface area contributed by atoms with Crippen LogP contribution in [0.4, 0.5) is 0 Å². The topological polar surface area (TPSA) is 59.8 Å². The van der Waals surface area contributed by atoms with Gasteiger partial charge in [-0.15, -0.1) is 0 Å². The van der Waals surface area contributed by atoms with E-state index in [4.69, 9.17) is 0 Å². The van der Waals surface area contributed by atoms with Crippen molar-refractivity contribution in [1.82, 2.24) is 20.1 Å². The van der Waals surface area contributed by atoms with Gasteiger partial charge in [-0.25, -0.2) is 9.67 Å². The molecule has 0 aromatic carbocycles. The molecule has 3 atom stereocenters.